The number of likely N-dealkylation sites (N-methyl/N-ethyl adjacent to an activating group) is 1. The van der Waals surface area contributed by atoms with E-state index in [9.17, 15) is 23.8 Å². The molecule has 2 aliphatic rings. The van der Waals surface area contributed by atoms with Crippen LogP contribution in [0, 0.1) is 12.3 Å². The van der Waals surface area contributed by atoms with Gasteiger partial charge in [0.05, 0.1) is 5.60 Å². The number of ether oxygens (including phenoxy) is 1. The van der Waals surface area contributed by atoms with Crippen LogP contribution in [-0.2, 0) is 23.1 Å². The molecule has 0 saturated carbocycles. The summed E-state index contributed by atoms with van der Waals surface area (Å²) in [5.41, 5.74) is -4.02. The van der Waals surface area contributed by atoms with Gasteiger partial charge in [0.25, 0.3) is 11.5 Å². The molecule has 1 aromatic heterocycles. The first-order chi connectivity index (χ1) is 14.4. The molecular weight excluding hydrogens is 441 g/mol. The summed E-state index contributed by atoms with van der Waals surface area (Å²) < 4.78 is 31.1. The van der Waals surface area contributed by atoms with Crippen molar-refractivity contribution in [3.05, 3.63) is 32.6 Å². The molecule has 2 bridgehead atoms. The van der Waals surface area contributed by atoms with Crippen LogP contribution in [0.4, 0.5) is 0 Å². The fourth-order valence-electron chi connectivity index (χ4n) is 4.44. The molecule has 1 aromatic rings. The molecule has 5 atom stereocenters. The van der Waals surface area contributed by atoms with Crippen LogP contribution in [0.15, 0.2) is 15.8 Å². The van der Waals surface area contributed by atoms with E-state index in [0.29, 0.717) is 0 Å². The average Bonchev–Trinajstić information content (AvgIpc) is 2.94. The van der Waals surface area contributed by atoms with Crippen LogP contribution in [-0.4, -0.2) is 55.6 Å². The molecule has 1 unspecified atom stereocenters. The van der Waals surface area contributed by atoms with Crippen molar-refractivity contribution in [3.63, 3.8) is 0 Å². The van der Waals surface area contributed by atoms with Crippen molar-refractivity contribution in [2.45, 2.75) is 84.5 Å². The van der Waals surface area contributed by atoms with E-state index in [1.807, 2.05) is 20.8 Å². The van der Waals surface area contributed by atoms with Crippen LogP contribution in [0.1, 0.15) is 59.8 Å². The lowest BCUT2D eigenvalue weighted by Gasteiger charge is -2.38. The van der Waals surface area contributed by atoms with Gasteiger partial charge in [-0.1, -0.05) is 20.8 Å². The smallest absolute Gasteiger partial charge is 0.336 e. The Morgan fingerprint density at radius 3 is 2.34 bits per heavy atom. The first kappa shape index (κ1) is 24.9. The van der Waals surface area contributed by atoms with Gasteiger partial charge in [-0.2, -0.15) is 0 Å². The number of aromatic nitrogens is 2. The Kier molecular flexibility index (Phi) is 5.93. The lowest BCUT2D eigenvalue weighted by molar-refractivity contribution is -0.180. The molecule has 0 spiro atoms. The van der Waals surface area contributed by atoms with Gasteiger partial charge in [0.15, 0.2) is 11.8 Å². The van der Waals surface area contributed by atoms with Crippen molar-refractivity contribution in [1.82, 2.24) is 14.5 Å². The summed E-state index contributed by atoms with van der Waals surface area (Å²) in [6.45, 7) is 12.0. The van der Waals surface area contributed by atoms with Crippen molar-refractivity contribution in [2.24, 2.45) is 5.41 Å². The number of phosphoric acid groups is 1. The number of nitrogens with one attached hydrogen (secondary N) is 1. The largest absolute Gasteiger partial charge is 0.473 e. The number of nitrogens with zero attached hydrogens (tertiary/aromatic N) is 2. The Morgan fingerprint density at radius 2 is 1.81 bits per heavy atom. The fourth-order valence-corrected chi connectivity index (χ4v) is 5.76. The summed E-state index contributed by atoms with van der Waals surface area (Å²) >= 11 is 0. The van der Waals surface area contributed by atoms with E-state index in [4.69, 9.17) is 13.8 Å². The van der Waals surface area contributed by atoms with Gasteiger partial charge < -0.3 is 14.5 Å². The molecule has 2 fully saturated rings. The second kappa shape index (κ2) is 7.63. The van der Waals surface area contributed by atoms with E-state index in [1.54, 1.807) is 20.8 Å². The normalized spacial score (nSPS) is 30.1. The van der Waals surface area contributed by atoms with E-state index in [1.165, 1.54) is 29.6 Å². The van der Waals surface area contributed by atoms with Crippen molar-refractivity contribution in [3.8, 4) is 0 Å². The third-order valence-electron chi connectivity index (χ3n) is 5.37. The number of carbonyl (C=O) groups excluding carboxylic acids is 1. The minimum Gasteiger partial charge on any atom is -0.336 e. The molecule has 3 rings (SSSR count). The van der Waals surface area contributed by atoms with Crippen molar-refractivity contribution >= 4 is 13.7 Å². The third-order valence-corrected chi connectivity index (χ3v) is 6.64. The van der Waals surface area contributed by atoms with Crippen molar-refractivity contribution < 1.29 is 28.0 Å². The number of fused-ring (bicyclic) bond motifs is 2. The van der Waals surface area contributed by atoms with E-state index >= 15 is 0 Å². The highest BCUT2D eigenvalue weighted by atomic mass is 31.2. The molecule has 32 heavy (non-hydrogen) atoms. The topological polar surface area (TPSA) is 140 Å². The number of carbonyl (C=O) groups is 1. The molecule has 3 heterocycles. The zero-order valence-electron chi connectivity index (χ0n) is 19.7. The van der Waals surface area contributed by atoms with Crippen LogP contribution >= 0.6 is 7.82 Å². The quantitative estimate of drug-likeness (QED) is 0.616. The molecule has 2 saturated heterocycles. The first-order valence-corrected chi connectivity index (χ1v) is 11.9. The zero-order valence-corrected chi connectivity index (χ0v) is 20.6. The summed E-state index contributed by atoms with van der Waals surface area (Å²) in [6.07, 6.45) is -0.728. The van der Waals surface area contributed by atoms with Gasteiger partial charge in [-0.25, -0.2) is 9.36 Å². The second-order valence-electron chi connectivity index (χ2n) is 10.7. The Hall–Kier alpha value is -1.78. The van der Waals surface area contributed by atoms with Crippen LogP contribution in [0.25, 0.3) is 0 Å². The summed E-state index contributed by atoms with van der Waals surface area (Å²) in [7, 11) is -3.08. The highest BCUT2D eigenvalue weighted by Crippen LogP contribution is 2.58. The monoisotopic (exact) mass is 473 g/mol. The number of hydrogen-bond donors (Lipinski definition) is 2. The van der Waals surface area contributed by atoms with E-state index in [2.05, 4.69) is 4.98 Å². The number of rotatable bonds is 5. The van der Waals surface area contributed by atoms with Crippen LogP contribution in [0.5, 0.6) is 0 Å². The molecule has 0 aliphatic carbocycles. The fraction of sp³-hybridized carbons (Fsp3) is 0.750. The summed E-state index contributed by atoms with van der Waals surface area (Å²) in [6, 6.07) is -0.906. The van der Waals surface area contributed by atoms with Gasteiger partial charge in [-0.05, 0) is 39.5 Å². The minimum atomic E-state index is -4.61. The van der Waals surface area contributed by atoms with Crippen LogP contribution in [0.3, 0.4) is 0 Å². The minimum absolute atomic E-state index is 0.160. The molecule has 2 N–H and O–H groups in total. The maximum Gasteiger partial charge on any atom is 0.473 e. The Morgan fingerprint density at radius 1 is 1.22 bits per heavy atom. The number of hydrogen-bond acceptors (Lipinski definition) is 7. The predicted molar refractivity (Wildman–Crippen MR) is 115 cm³/mol. The molecule has 1 amide bonds. The SMILES string of the molecule is Cc1cn([C@@H]2O[C@@]3(CC(C)(C)C)C(=O)N(C)[C@@H]2[C@@H]3OP(=O)(O)OC(C)(C)C)c(=O)[nH]c1=O. The van der Waals surface area contributed by atoms with E-state index in [0.717, 1.165) is 0 Å². The summed E-state index contributed by atoms with van der Waals surface area (Å²) in [5, 5.41) is 0. The van der Waals surface area contributed by atoms with Gasteiger partial charge in [0.2, 0.25) is 0 Å². The van der Waals surface area contributed by atoms with Gasteiger partial charge in [-0.15, -0.1) is 0 Å². The lowest BCUT2D eigenvalue weighted by atomic mass is 9.80. The third kappa shape index (κ3) is 4.49. The zero-order chi connectivity index (χ0) is 24.4. The van der Waals surface area contributed by atoms with Crippen LogP contribution < -0.4 is 11.2 Å². The van der Waals surface area contributed by atoms with Crippen molar-refractivity contribution in [2.75, 3.05) is 7.05 Å². The predicted octanol–water partition coefficient (Wildman–Crippen LogP) is 1.69. The van der Waals surface area contributed by atoms with Gasteiger partial charge in [0, 0.05) is 18.8 Å². The number of amides is 1. The molecule has 12 heteroatoms. The van der Waals surface area contributed by atoms with Crippen molar-refractivity contribution in [1.29, 1.82) is 0 Å². The maximum atomic E-state index is 13.3. The number of likely N-dealkylation sites (tertiary alicyclic amines) is 1. The highest BCUT2D eigenvalue weighted by molar-refractivity contribution is 7.47. The first-order valence-electron chi connectivity index (χ1n) is 10.4. The number of H-pyrrole nitrogens is 1. The van der Waals surface area contributed by atoms with Gasteiger partial charge in [-0.3, -0.25) is 28.2 Å². The molecule has 0 radical (unpaired) electrons. The Labute approximate surface area is 186 Å². The second-order valence-corrected chi connectivity index (χ2v) is 12.0. The highest BCUT2D eigenvalue weighted by Gasteiger charge is 2.71. The van der Waals surface area contributed by atoms with Gasteiger partial charge in [0.1, 0.15) is 12.1 Å². The average molecular weight is 473 g/mol. The number of phosphoric ester groups is 1. The number of aromatic amines is 1. The van der Waals surface area contributed by atoms with Gasteiger partial charge >= 0.3 is 13.5 Å². The number of aryl methyl sites for hydroxylation is 1. The lowest BCUT2D eigenvalue weighted by Crippen LogP contribution is -2.52. The molecular formula is C20H32N3O8P. The molecule has 180 valence electrons. The van der Waals surface area contributed by atoms with E-state index < -0.39 is 60.0 Å². The Bertz CT molecular complexity index is 1080. The van der Waals surface area contributed by atoms with Crippen LogP contribution in [0.2, 0.25) is 0 Å². The summed E-state index contributed by atoms with van der Waals surface area (Å²) in [4.78, 5) is 51.7. The number of morpholine rings is 1. The molecule has 0 aromatic carbocycles. The maximum absolute atomic E-state index is 13.3. The summed E-state index contributed by atoms with van der Waals surface area (Å²) in [5.74, 6) is -0.413. The van der Waals surface area contributed by atoms with E-state index in [-0.39, 0.29) is 12.0 Å². The standard InChI is InChI=1S/C20H32N3O8P/c1-11-9-23(17(26)21-14(11)24)15-12-13(30-32(27,28)31-19(5,6)7)20(29-15,10-18(2,3)4)16(25)22(12)8/h9,12-13,15H,10H2,1-8H3,(H,27,28)(H,21,24,26)/t12-,13+,15-,20-/m1/s1. The Balaban J connectivity index is 2.13. The molecule has 11 nitrogen and oxygen atoms in total. The molecule has 2 aliphatic heterocycles.